The van der Waals surface area contributed by atoms with E-state index < -0.39 is 0 Å². The van der Waals surface area contributed by atoms with E-state index in [1.54, 1.807) is 18.2 Å². The second kappa shape index (κ2) is 6.98. The van der Waals surface area contributed by atoms with Crippen molar-refractivity contribution < 1.29 is 37.4 Å². The van der Waals surface area contributed by atoms with E-state index in [-0.39, 0.29) is 32.7 Å². The predicted octanol–water partition coefficient (Wildman–Crippen LogP) is 2.39. The number of nitriles is 1. The summed E-state index contributed by atoms with van der Waals surface area (Å²) < 4.78 is 5.45. The minimum absolute atomic E-state index is 0. The molecule has 0 saturated heterocycles. The van der Waals surface area contributed by atoms with Gasteiger partial charge in [0.1, 0.15) is 0 Å². The molecule has 0 heterocycles. The summed E-state index contributed by atoms with van der Waals surface area (Å²) >= 11 is 0. The Balaban J connectivity index is 0.00000169. The van der Waals surface area contributed by atoms with E-state index in [0.717, 1.165) is 0 Å². The van der Waals surface area contributed by atoms with Crippen LogP contribution in [0.4, 0.5) is 0 Å². The van der Waals surface area contributed by atoms with Crippen molar-refractivity contribution in [3.05, 3.63) is 29.8 Å². The summed E-state index contributed by atoms with van der Waals surface area (Å²) in [6.07, 6.45) is 0. The van der Waals surface area contributed by atoms with Crippen LogP contribution in [0.1, 0.15) is 19.4 Å². The van der Waals surface area contributed by atoms with Gasteiger partial charge in [0.15, 0.2) is 0 Å². The van der Waals surface area contributed by atoms with Crippen LogP contribution < -0.4 is 4.74 Å². The Bertz CT molecular complexity index is 317. The van der Waals surface area contributed by atoms with Gasteiger partial charge in [-0.2, -0.15) is 18.2 Å². The van der Waals surface area contributed by atoms with E-state index in [1.165, 1.54) is 0 Å². The van der Waals surface area contributed by atoms with Crippen LogP contribution in [0.15, 0.2) is 18.2 Å². The van der Waals surface area contributed by atoms with Gasteiger partial charge in [-0.25, -0.2) is 5.26 Å². The van der Waals surface area contributed by atoms with Crippen molar-refractivity contribution in [2.45, 2.75) is 13.8 Å². The van der Waals surface area contributed by atoms with E-state index in [0.29, 0.717) is 23.8 Å². The van der Waals surface area contributed by atoms with E-state index in [9.17, 15) is 0 Å². The van der Waals surface area contributed by atoms with E-state index in [2.05, 4.69) is 26.0 Å². The topological polar surface area (TPSA) is 33.0 Å². The molecule has 0 aliphatic heterocycles. The summed E-state index contributed by atoms with van der Waals surface area (Å²) in [5, 5.41) is 8.73. The summed E-state index contributed by atoms with van der Waals surface area (Å²) in [6.45, 7) is 4.78. The van der Waals surface area contributed by atoms with Gasteiger partial charge in [-0.1, -0.05) is 13.8 Å². The number of rotatable bonds is 3. The third-order valence-electron chi connectivity index (χ3n) is 1.52. The van der Waals surface area contributed by atoms with Crippen molar-refractivity contribution in [2.75, 3.05) is 6.61 Å². The zero-order valence-corrected chi connectivity index (χ0v) is 11.3. The van der Waals surface area contributed by atoms with Crippen LogP contribution in [0.3, 0.4) is 0 Å². The maximum atomic E-state index is 8.73. The third kappa shape index (κ3) is 4.22. The second-order valence-corrected chi connectivity index (χ2v) is 3.24. The number of hydrogen-bond donors (Lipinski definition) is 0. The van der Waals surface area contributed by atoms with Gasteiger partial charge in [-0.15, -0.1) is 6.07 Å². The molecule has 14 heavy (non-hydrogen) atoms. The average molecular weight is 263 g/mol. The van der Waals surface area contributed by atoms with Gasteiger partial charge in [-0.05, 0) is 11.5 Å². The van der Waals surface area contributed by atoms with E-state index in [1.807, 2.05) is 0 Å². The van der Waals surface area contributed by atoms with Gasteiger partial charge in [0.2, 0.25) is 0 Å². The molecule has 0 fully saturated rings. The van der Waals surface area contributed by atoms with Crippen molar-refractivity contribution in [1.29, 1.82) is 5.26 Å². The van der Waals surface area contributed by atoms with Gasteiger partial charge in [-0.3, -0.25) is 0 Å². The van der Waals surface area contributed by atoms with E-state index >= 15 is 0 Å². The van der Waals surface area contributed by atoms with Crippen LogP contribution in [-0.2, 0) is 32.7 Å². The Labute approximate surface area is 110 Å². The molecule has 0 N–H and O–H groups in total. The molecule has 0 spiro atoms. The predicted molar refractivity (Wildman–Crippen MR) is 50.3 cm³/mol. The van der Waals surface area contributed by atoms with Crippen LogP contribution in [0.2, 0.25) is 0 Å². The molecule has 0 aromatic heterocycles. The van der Waals surface area contributed by atoms with Crippen LogP contribution >= 0.6 is 0 Å². The van der Waals surface area contributed by atoms with Crippen molar-refractivity contribution in [3.63, 3.8) is 0 Å². The molecule has 0 atom stereocenters. The summed E-state index contributed by atoms with van der Waals surface area (Å²) in [6, 6.07) is 10.0. The minimum Gasteiger partial charge on any atom is -0.517 e. The minimum atomic E-state index is 0. The maximum absolute atomic E-state index is 8.73. The Morgan fingerprint density at radius 3 is 2.86 bits per heavy atom. The first-order valence-corrected chi connectivity index (χ1v) is 4.27. The fraction of sp³-hybridized carbons (Fsp3) is 0.364. The monoisotopic (exact) mass is 263 g/mol. The molecule has 0 unspecified atom stereocenters. The Kier molecular flexibility index (Phi) is 6.79. The summed E-state index contributed by atoms with van der Waals surface area (Å²) in [5.74, 6) is 1.12. The second-order valence-electron chi connectivity index (χ2n) is 3.24. The molecule has 3 heteroatoms. The quantitative estimate of drug-likeness (QED) is 0.784. The molecule has 0 aliphatic carbocycles. The van der Waals surface area contributed by atoms with Crippen molar-refractivity contribution in [2.24, 2.45) is 5.92 Å². The van der Waals surface area contributed by atoms with Crippen molar-refractivity contribution in [1.82, 2.24) is 0 Å². The third-order valence-corrected chi connectivity index (χ3v) is 1.52. The molecule has 2 nitrogen and oxygen atoms in total. The van der Waals surface area contributed by atoms with E-state index in [4.69, 9.17) is 10.00 Å². The Morgan fingerprint density at radius 2 is 2.29 bits per heavy atom. The normalized spacial score (nSPS) is 9.00. The number of benzene rings is 1. The molecule has 0 aliphatic rings. The summed E-state index contributed by atoms with van der Waals surface area (Å²) in [7, 11) is 0. The zero-order valence-electron chi connectivity index (χ0n) is 8.45. The molecule has 1 aromatic carbocycles. The molecular formula is C11H12NOY-. The van der Waals surface area contributed by atoms with Crippen LogP contribution in [0, 0.1) is 23.3 Å². The zero-order chi connectivity index (χ0) is 9.68. The molecule has 0 bridgehead atoms. The summed E-state index contributed by atoms with van der Waals surface area (Å²) in [5.41, 5.74) is 0.545. The SMILES string of the molecule is CC(C)COc1cc[c-]cc1C#N.[Y]. The van der Waals surface area contributed by atoms with Crippen molar-refractivity contribution in [3.8, 4) is 11.8 Å². The smallest absolute Gasteiger partial charge is 0.0874 e. The molecular weight excluding hydrogens is 251 g/mol. The Hall–Kier alpha value is -0.386. The number of hydrogen-bond acceptors (Lipinski definition) is 2. The van der Waals surface area contributed by atoms with Crippen molar-refractivity contribution >= 4 is 0 Å². The maximum Gasteiger partial charge on any atom is 0.0874 e. The number of nitrogens with zero attached hydrogens (tertiary/aromatic N) is 1. The molecule has 1 radical (unpaired) electrons. The summed E-state index contributed by atoms with van der Waals surface area (Å²) in [4.78, 5) is 0. The fourth-order valence-corrected chi connectivity index (χ4v) is 0.886. The van der Waals surface area contributed by atoms with Gasteiger partial charge in [0, 0.05) is 44.5 Å². The molecule has 0 saturated carbocycles. The van der Waals surface area contributed by atoms with Gasteiger partial charge in [0.05, 0.1) is 6.61 Å². The van der Waals surface area contributed by atoms with Crippen LogP contribution in [0.25, 0.3) is 0 Å². The molecule has 1 rings (SSSR count). The molecule has 0 amide bonds. The first-order chi connectivity index (χ1) is 6.24. The standard InChI is InChI=1S/C11H12NO.Y/c1-9(2)8-13-11-6-4-3-5-10(11)7-12;/h4-6,9H,8H2,1-2H3;/q-1;. The first kappa shape index (κ1) is 13.6. The molecule has 1 aromatic rings. The average Bonchev–Trinajstić information content (AvgIpc) is 2.15. The van der Waals surface area contributed by atoms with Gasteiger partial charge >= 0.3 is 0 Å². The molecule has 71 valence electrons. The number of ether oxygens (including phenoxy) is 1. The van der Waals surface area contributed by atoms with Gasteiger partial charge < -0.3 is 4.74 Å². The Morgan fingerprint density at radius 1 is 1.57 bits per heavy atom. The van der Waals surface area contributed by atoms with Crippen LogP contribution in [-0.4, -0.2) is 6.61 Å². The van der Waals surface area contributed by atoms with Gasteiger partial charge in [0.25, 0.3) is 0 Å². The van der Waals surface area contributed by atoms with Crippen LogP contribution in [0.5, 0.6) is 5.75 Å². The first-order valence-electron chi connectivity index (χ1n) is 4.27. The fourth-order valence-electron chi connectivity index (χ4n) is 0.886. The largest absolute Gasteiger partial charge is 0.517 e.